The number of nitrogens with zero attached hydrogens (tertiary/aromatic N) is 4. The Bertz CT molecular complexity index is 1170. The first-order valence-corrected chi connectivity index (χ1v) is 12.4. The molecule has 182 valence electrons. The summed E-state index contributed by atoms with van der Waals surface area (Å²) < 4.78 is 2.00. The van der Waals surface area contributed by atoms with Gasteiger partial charge >= 0.3 is 0 Å². The van der Waals surface area contributed by atoms with Gasteiger partial charge in [0.1, 0.15) is 11.0 Å². The van der Waals surface area contributed by atoms with Gasteiger partial charge in [-0.25, -0.2) is 4.98 Å². The highest BCUT2D eigenvalue weighted by molar-refractivity contribution is 5.95. The Kier molecular flexibility index (Phi) is 7.16. The maximum atomic E-state index is 12.1. The monoisotopic (exact) mass is 463 g/mol. The molecule has 1 aliphatic rings. The summed E-state index contributed by atoms with van der Waals surface area (Å²) in [6.07, 6.45) is 4.35. The first kappa shape index (κ1) is 24.1. The van der Waals surface area contributed by atoms with Crippen molar-refractivity contribution >= 4 is 28.6 Å². The molecule has 0 radical (unpaired) electrons. The summed E-state index contributed by atoms with van der Waals surface area (Å²) in [6, 6.07) is 8.07. The van der Waals surface area contributed by atoms with E-state index in [1.165, 1.54) is 6.42 Å². The van der Waals surface area contributed by atoms with E-state index in [1.54, 1.807) is 6.92 Å². The first-order valence-electron chi connectivity index (χ1n) is 12.4. The van der Waals surface area contributed by atoms with Crippen molar-refractivity contribution < 1.29 is 4.79 Å². The highest BCUT2D eigenvalue weighted by atomic mass is 16.1. The van der Waals surface area contributed by atoms with Crippen molar-refractivity contribution in [2.24, 2.45) is 5.73 Å². The minimum absolute atomic E-state index is 0.0493. The number of carbonyl (C=O) groups excluding carboxylic acids is 1. The number of hydrogen-bond acceptors (Lipinski definition) is 7. The highest BCUT2D eigenvalue weighted by Crippen LogP contribution is 2.32. The molecule has 34 heavy (non-hydrogen) atoms. The molecule has 0 bridgehead atoms. The summed E-state index contributed by atoms with van der Waals surface area (Å²) in [5.41, 5.74) is 10.7. The van der Waals surface area contributed by atoms with E-state index in [9.17, 15) is 4.79 Å². The van der Waals surface area contributed by atoms with Gasteiger partial charge in [0.05, 0.1) is 5.69 Å². The zero-order valence-electron chi connectivity index (χ0n) is 20.9. The molecule has 8 nitrogen and oxygen atoms in total. The van der Waals surface area contributed by atoms with Gasteiger partial charge < -0.3 is 16.4 Å². The molecule has 0 saturated heterocycles. The van der Waals surface area contributed by atoms with Crippen LogP contribution in [0.4, 0.5) is 11.8 Å². The summed E-state index contributed by atoms with van der Waals surface area (Å²) in [5.74, 6) is 1.55. The van der Waals surface area contributed by atoms with E-state index in [-0.39, 0.29) is 29.8 Å². The van der Waals surface area contributed by atoms with Gasteiger partial charge in [0.2, 0.25) is 5.95 Å². The summed E-state index contributed by atoms with van der Waals surface area (Å²) in [6.45, 7) is 10.6. The van der Waals surface area contributed by atoms with Gasteiger partial charge in [-0.05, 0) is 45.1 Å². The van der Waals surface area contributed by atoms with E-state index in [0.29, 0.717) is 23.9 Å². The van der Waals surface area contributed by atoms with Crippen LogP contribution in [0.15, 0.2) is 24.3 Å². The molecule has 1 aliphatic carbocycles. The van der Waals surface area contributed by atoms with Crippen LogP contribution in [0, 0.1) is 0 Å². The first-order chi connectivity index (χ1) is 16.3. The Balaban J connectivity index is 1.78. The minimum Gasteiger partial charge on any atom is -0.364 e. The molecule has 0 aliphatic heterocycles. The highest BCUT2D eigenvalue weighted by Gasteiger charge is 2.25. The second-order valence-corrected chi connectivity index (χ2v) is 9.94. The lowest BCUT2D eigenvalue weighted by Gasteiger charge is -2.29. The molecular weight excluding hydrogens is 426 g/mol. The molecule has 1 fully saturated rings. The number of aromatic nitrogens is 4. The number of carbonyl (C=O) groups is 1. The van der Waals surface area contributed by atoms with E-state index >= 15 is 0 Å². The summed E-state index contributed by atoms with van der Waals surface area (Å²) in [7, 11) is 0. The molecule has 2 atom stereocenters. The molecule has 2 heterocycles. The van der Waals surface area contributed by atoms with Crippen LogP contribution in [0.3, 0.4) is 0 Å². The number of nitrogens with one attached hydrogen (secondary N) is 2. The van der Waals surface area contributed by atoms with Gasteiger partial charge in [-0.3, -0.25) is 9.48 Å². The van der Waals surface area contributed by atoms with Crippen LogP contribution in [0.5, 0.6) is 0 Å². The summed E-state index contributed by atoms with van der Waals surface area (Å²) in [5, 5.41) is 11.9. The lowest BCUT2D eigenvalue weighted by atomic mass is 9.91. The fraction of sp³-hybridized carbons (Fsp3) is 0.538. The van der Waals surface area contributed by atoms with Crippen LogP contribution in [0.1, 0.15) is 93.9 Å². The zero-order valence-corrected chi connectivity index (χ0v) is 20.9. The molecule has 1 aromatic carbocycles. The van der Waals surface area contributed by atoms with E-state index < -0.39 is 0 Å². The smallest absolute Gasteiger partial charge is 0.225 e. The number of Topliss-reactive ketones (excluding diaryl/α,β-unsaturated/α-hetero) is 1. The average molecular weight is 464 g/mol. The van der Waals surface area contributed by atoms with Crippen molar-refractivity contribution in [3.63, 3.8) is 0 Å². The normalized spacial score (nSPS) is 18.6. The van der Waals surface area contributed by atoms with Crippen LogP contribution in [0.25, 0.3) is 11.0 Å². The van der Waals surface area contributed by atoms with E-state index in [4.69, 9.17) is 20.8 Å². The molecule has 4 rings (SSSR count). The molecule has 2 unspecified atom stereocenters. The number of benzene rings is 1. The van der Waals surface area contributed by atoms with E-state index in [2.05, 4.69) is 38.3 Å². The second kappa shape index (κ2) is 10.1. The average Bonchev–Trinajstić information content (AvgIpc) is 3.19. The van der Waals surface area contributed by atoms with Gasteiger partial charge in [-0.1, -0.05) is 51.0 Å². The number of rotatable bonds is 8. The molecule has 1 saturated carbocycles. The number of fused-ring (bicyclic) bond motifs is 1. The topological polar surface area (TPSA) is 111 Å². The number of ketones is 1. The molecular formula is C26H37N7O. The van der Waals surface area contributed by atoms with E-state index in [0.717, 1.165) is 41.6 Å². The SMILES string of the molecule is CC(=O)c1ccccc1CNc1nc(NC2CCCCC2N)nc2c(C(C)C)nn(C(C)C)c12. The lowest BCUT2D eigenvalue weighted by molar-refractivity contribution is 0.101. The van der Waals surface area contributed by atoms with Crippen LogP contribution in [-0.2, 0) is 6.54 Å². The van der Waals surface area contributed by atoms with Crippen LogP contribution >= 0.6 is 0 Å². The Labute approximate surface area is 201 Å². The maximum Gasteiger partial charge on any atom is 0.225 e. The molecule has 3 aromatic rings. The predicted molar refractivity (Wildman–Crippen MR) is 137 cm³/mol. The number of hydrogen-bond donors (Lipinski definition) is 3. The fourth-order valence-corrected chi connectivity index (χ4v) is 4.72. The Morgan fingerprint density at radius 2 is 1.88 bits per heavy atom. The van der Waals surface area contributed by atoms with Gasteiger partial charge in [-0.2, -0.15) is 10.1 Å². The van der Waals surface area contributed by atoms with Crippen LogP contribution < -0.4 is 16.4 Å². The van der Waals surface area contributed by atoms with Gasteiger partial charge in [0.25, 0.3) is 0 Å². The third kappa shape index (κ3) is 4.92. The minimum atomic E-state index is 0.0493. The largest absolute Gasteiger partial charge is 0.364 e. The Morgan fingerprint density at radius 3 is 2.56 bits per heavy atom. The quantitative estimate of drug-likeness (QED) is 0.402. The summed E-state index contributed by atoms with van der Waals surface area (Å²) in [4.78, 5) is 22.0. The van der Waals surface area contributed by atoms with Crippen molar-refractivity contribution in [1.29, 1.82) is 0 Å². The van der Waals surface area contributed by atoms with Gasteiger partial charge in [0, 0.05) is 30.2 Å². The molecule has 2 aromatic heterocycles. The maximum absolute atomic E-state index is 12.1. The Morgan fingerprint density at radius 1 is 1.15 bits per heavy atom. The van der Waals surface area contributed by atoms with Gasteiger partial charge in [0.15, 0.2) is 11.6 Å². The standard InChI is InChI=1S/C26H37N7O/c1-15(2)22-23-24(33(32-22)16(3)4)25(28-14-18-10-6-7-11-19(18)17(5)34)31-26(30-23)29-21-13-9-8-12-20(21)27/h6-7,10-11,15-16,20-21H,8-9,12-14,27H2,1-5H3,(H2,28,29,30,31). The van der Waals surface area contributed by atoms with Crippen molar-refractivity contribution in [1.82, 2.24) is 19.7 Å². The van der Waals surface area contributed by atoms with Crippen LogP contribution in [0.2, 0.25) is 0 Å². The number of nitrogens with two attached hydrogens (primary N) is 1. The predicted octanol–water partition coefficient (Wildman–Crippen LogP) is 5.03. The summed E-state index contributed by atoms with van der Waals surface area (Å²) >= 11 is 0. The molecule has 0 amide bonds. The molecule has 0 spiro atoms. The van der Waals surface area contributed by atoms with Crippen molar-refractivity contribution in [2.45, 2.75) is 90.9 Å². The third-order valence-electron chi connectivity index (χ3n) is 6.58. The Hall–Kier alpha value is -3.00. The second-order valence-electron chi connectivity index (χ2n) is 9.94. The van der Waals surface area contributed by atoms with Crippen molar-refractivity contribution in [2.75, 3.05) is 10.6 Å². The number of anilines is 2. The lowest BCUT2D eigenvalue weighted by Crippen LogP contribution is -2.43. The van der Waals surface area contributed by atoms with Crippen molar-refractivity contribution in [3.8, 4) is 0 Å². The molecule has 8 heteroatoms. The van der Waals surface area contributed by atoms with Gasteiger partial charge in [-0.15, -0.1) is 0 Å². The molecule has 4 N–H and O–H groups in total. The van der Waals surface area contributed by atoms with E-state index in [1.807, 2.05) is 28.9 Å². The zero-order chi connectivity index (χ0) is 24.4. The van der Waals surface area contributed by atoms with Crippen molar-refractivity contribution in [3.05, 3.63) is 41.1 Å². The fourth-order valence-electron chi connectivity index (χ4n) is 4.72. The third-order valence-corrected chi connectivity index (χ3v) is 6.58. The van der Waals surface area contributed by atoms with Crippen LogP contribution in [-0.4, -0.2) is 37.6 Å².